The number of benzene rings is 1. The topological polar surface area (TPSA) is 33.1 Å². The summed E-state index contributed by atoms with van der Waals surface area (Å²) in [7, 11) is 1.93. The number of rotatable bonds is 2. The Morgan fingerprint density at radius 2 is 2.11 bits per heavy atom. The van der Waals surface area contributed by atoms with Crippen molar-refractivity contribution in [3.8, 4) is 0 Å². The van der Waals surface area contributed by atoms with Crippen molar-refractivity contribution in [3.63, 3.8) is 0 Å². The van der Waals surface area contributed by atoms with Crippen molar-refractivity contribution in [2.75, 3.05) is 26.2 Å². The fourth-order valence-corrected chi connectivity index (χ4v) is 2.76. The fraction of sp³-hybridized carbons (Fsp3) is 0.462. The number of aromatic nitrogens is 2. The first-order valence-corrected chi connectivity index (χ1v) is 6.66. The molecule has 1 aliphatic heterocycles. The number of nitrogens with one attached hydrogen (secondary N) is 1. The van der Waals surface area contributed by atoms with E-state index in [0.717, 1.165) is 43.6 Å². The molecule has 18 heavy (non-hydrogen) atoms. The molecule has 1 saturated heterocycles. The van der Waals surface area contributed by atoms with Crippen LogP contribution in [0.1, 0.15) is 5.56 Å². The van der Waals surface area contributed by atoms with Crippen LogP contribution in [0.5, 0.6) is 0 Å². The molecule has 1 fully saturated rings. The SMILES string of the molecule is Cn1nc(Cl)c2ccc(CN3CCNCC3)cc21. The summed E-state index contributed by atoms with van der Waals surface area (Å²) in [6, 6.07) is 6.41. The molecule has 1 aliphatic rings. The fourth-order valence-electron chi connectivity index (χ4n) is 2.48. The lowest BCUT2D eigenvalue weighted by molar-refractivity contribution is 0.233. The summed E-state index contributed by atoms with van der Waals surface area (Å²) in [4.78, 5) is 2.47. The van der Waals surface area contributed by atoms with Gasteiger partial charge in [-0.3, -0.25) is 9.58 Å². The molecule has 2 heterocycles. The zero-order valence-corrected chi connectivity index (χ0v) is 11.2. The van der Waals surface area contributed by atoms with Crippen LogP contribution in [0.4, 0.5) is 0 Å². The molecule has 0 unspecified atom stereocenters. The average Bonchev–Trinajstić information content (AvgIpc) is 2.66. The lowest BCUT2D eigenvalue weighted by Gasteiger charge is -2.27. The van der Waals surface area contributed by atoms with Crippen LogP contribution in [0, 0.1) is 0 Å². The van der Waals surface area contributed by atoms with Gasteiger partial charge in [0, 0.05) is 45.2 Å². The molecule has 0 aliphatic carbocycles. The number of aryl methyl sites for hydroxylation is 1. The molecule has 4 nitrogen and oxygen atoms in total. The molecule has 1 N–H and O–H groups in total. The Labute approximate surface area is 112 Å². The summed E-state index contributed by atoms with van der Waals surface area (Å²) in [6.07, 6.45) is 0. The van der Waals surface area contributed by atoms with E-state index in [-0.39, 0.29) is 0 Å². The van der Waals surface area contributed by atoms with Crippen LogP contribution in [-0.4, -0.2) is 40.9 Å². The molecule has 0 radical (unpaired) electrons. The van der Waals surface area contributed by atoms with Gasteiger partial charge >= 0.3 is 0 Å². The molecule has 5 heteroatoms. The van der Waals surface area contributed by atoms with Gasteiger partial charge in [0.05, 0.1) is 5.52 Å². The third-order valence-corrected chi connectivity index (χ3v) is 3.77. The number of piperazine rings is 1. The van der Waals surface area contributed by atoms with E-state index in [1.165, 1.54) is 5.56 Å². The number of fused-ring (bicyclic) bond motifs is 1. The van der Waals surface area contributed by atoms with Crippen molar-refractivity contribution in [2.45, 2.75) is 6.54 Å². The van der Waals surface area contributed by atoms with Crippen LogP contribution in [-0.2, 0) is 13.6 Å². The first-order chi connectivity index (χ1) is 8.74. The monoisotopic (exact) mass is 264 g/mol. The highest BCUT2D eigenvalue weighted by molar-refractivity contribution is 6.34. The smallest absolute Gasteiger partial charge is 0.158 e. The molecule has 96 valence electrons. The van der Waals surface area contributed by atoms with Gasteiger partial charge in [-0.2, -0.15) is 5.10 Å². The molecule has 0 spiro atoms. The van der Waals surface area contributed by atoms with Crippen molar-refractivity contribution in [3.05, 3.63) is 28.9 Å². The highest BCUT2D eigenvalue weighted by Gasteiger charge is 2.12. The Hall–Kier alpha value is -1.10. The second kappa shape index (κ2) is 4.88. The minimum Gasteiger partial charge on any atom is -0.314 e. The van der Waals surface area contributed by atoms with Crippen molar-refractivity contribution >= 4 is 22.5 Å². The van der Waals surface area contributed by atoms with Gasteiger partial charge in [0.15, 0.2) is 5.15 Å². The van der Waals surface area contributed by atoms with Gasteiger partial charge in [0.1, 0.15) is 0 Å². The Morgan fingerprint density at radius 1 is 1.33 bits per heavy atom. The molecule has 0 atom stereocenters. The van der Waals surface area contributed by atoms with Gasteiger partial charge in [-0.25, -0.2) is 0 Å². The minimum absolute atomic E-state index is 0.584. The standard InChI is InChI=1S/C13H17ClN4/c1-17-12-8-10(2-3-11(12)13(14)16-17)9-18-6-4-15-5-7-18/h2-3,8,15H,4-7,9H2,1H3. The van der Waals surface area contributed by atoms with E-state index in [1.54, 1.807) is 0 Å². The Morgan fingerprint density at radius 3 is 2.89 bits per heavy atom. The van der Waals surface area contributed by atoms with Crippen LogP contribution in [0.2, 0.25) is 5.15 Å². The first-order valence-electron chi connectivity index (χ1n) is 6.28. The largest absolute Gasteiger partial charge is 0.314 e. The molecule has 1 aromatic carbocycles. The zero-order chi connectivity index (χ0) is 12.5. The highest BCUT2D eigenvalue weighted by Crippen LogP contribution is 2.23. The minimum atomic E-state index is 0.584. The molecule has 0 amide bonds. The normalized spacial score (nSPS) is 17.4. The van der Waals surface area contributed by atoms with Gasteiger partial charge in [0.25, 0.3) is 0 Å². The maximum absolute atomic E-state index is 6.07. The molecule has 1 aromatic heterocycles. The van der Waals surface area contributed by atoms with Crippen molar-refractivity contribution in [1.82, 2.24) is 20.0 Å². The van der Waals surface area contributed by atoms with E-state index in [9.17, 15) is 0 Å². The van der Waals surface area contributed by atoms with E-state index in [2.05, 4.69) is 33.5 Å². The van der Waals surface area contributed by atoms with Crippen LogP contribution >= 0.6 is 11.6 Å². The third-order valence-electron chi connectivity index (χ3n) is 3.49. The Bertz CT molecular complexity index is 557. The first kappa shape index (κ1) is 12.0. The maximum Gasteiger partial charge on any atom is 0.158 e. The van der Waals surface area contributed by atoms with Crippen LogP contribution in [0.15, 0.2) is 18.2 Å². The van der Waals surface area contributed by atoms with Crippen LogP contribution in [0.3, 0.4) is 0 Å². The third kappa shape index (κ3) is 2.23. The van der Waals surface area contributed by atoms with Gasteiger partial charge in [-0.1, -0.05) is 17.7 Å². The summed E-state index contributed by atoms with van der Waals surface area (Å²) in [5, 5.41) is 9.22. The molecule has 0 bridgehead atoms. The highest BCUT2D eigenvalue weighted by atomic mass is 35.5. The molecule has 3 rings (SSSR count). The van der Waals surface area contributed by atoms with E-state index < -0.39 is 0 Å². The Kier molecular flexibility index (Phi) is 3.24. The van der Waals surface area contributed by atoms with Gasteiger partial charge in [-0.15, -0.1) is 0 Å². The lowest BCUT2D eigenvalue weighted by atomic mass is 10.1. The molecule has 2 aromatic rings. The number of halogens is 1. The number of hydrogen-bond donors (Lipinski definition) is 1. The summed E-state index contributed by atoms with van der Waals surface area (Å²) < 4.78 is 1.85. The zero-order valence-electron chi connectivity index (χ0n) is 10.5. The number of nitrogens with zero attached hydrogens (tertiary/aromatic N) is 3. The maximum atomic E-state index is 6.07. The molecular weight excluding hydrogens is 248 g/mol. The van der Waals surface area contributed by atoms with E-state index in [0.29, 0.717) is 5.15 Å². The van der Waals surface area contributed by atoms with Crippen molar-refractivity contribution in [1.29, 1.82) is 0 Å². The molecule has 0 saturated carbocycles. The predicted octanol–water partition coefficient (Wildman–Crippen LogP) is 1.63. The Balaban J connectivity index is 1.86. The van der Waals surface area contributed by atoms with Gasteiger partial charge in [0.2, 0.25) is 0 Å². The second-order valence-corrected chi connectivity index (χ2v) is 5.15. The van der Waals surface area contributed by atoms with Crippen LogP contribution < -0.4 is 5.32 Å². The van der Waals surface area contributed by atoms with Crippen LogP contribution in [0.25, 0.3) is 10.9 Å². The quantitative estimate of drug-likeness (QED) is 0.895. The summed E-state index contributed by atoms with van der Waals surface area (Å²) >= 11 is 6.07. The molecular formula is C13H17ClN4. The van der Waals surface area contributed by atoms with E-state index >= 15 is 0 Å². The van der Waals surface area contributed by atoms with Crippen molar-refractivity contribution in [2.24, 2.45) is 7.05 Å². The van der Waals surface area contributed by atoms with E-state index in [4.69, 9.17) is 11.6 Å². The average molecular weight is 265 g/mol. The van der Waals surface area contributed by atoms with E-state index in [1.807, 2.05) is 11.7 Å². The van der Waals surface area contributed by atoms with Crippen molar-refractivity contribution < 1.29 is 0 Å². The summed E-state index contributed by atoms with van der Waals surface area (Å²) in [5.74, 6) is 0. The summed E-state index contributed by atoms with van der Waals surface area (Å²) in [6.45, 7) is 5.40. The second-order valence-electron chi connectivity index (χ2n) is 4.79. The van der Waals surface area contributed by atoms with Gasteiger partial charge in [-0.05, 0) is 17.7 Å². The number of hydrogen-bond acceptors (Lipinski definition) is 3. The lowest BCUT2D eigenvalue weighted by Crippen LogP contribution is -2.42. The van der Waals surface area contributed by atoms with Gasteiger partial charge < -0.3 is 5.32 Å². The summed E-state index contributed by atoms with van der Waals surface area (Å²) in [5.41, 5.74) is 2.43. The predicted molar refractivity (Wildman–Crippen MR) is 73.9 cm³/mol.